The van der Waals surface area contributed by atoms with Crippen molar-refractivity contribution in [2.45, 2.75) is 11.8 Å². The topological polar surface area (TPSA) is 95.3 Å². The minimum absolute atomic E-state index is 0.167. The second-order valence-corrected chi connectivity index (χ2v) is 6.41. The average Bonchev–Trinajstić information content (AvgIpc) is 3.07. The van der Waals surface area contributed by atoms with Gasteiger partial charge in [0.25, 0.3) is 10.0 Å². The van der Waals surface area contributed by atoms with Gasteiger partial charge in [0.15, 0.2) is 0 Å². The summed E-state index contributed by atoms with van der Waals surface area (Å²) in [5, 5.41) is 4.50. The summed E-state index contributed by atoms with van der Waals surface area (Å²) >= 11 is 0. The molecule has 2 aromatic heterocycles. The van der Waals surface area contributed by atoms with Crippen molar-refractivity contribution in [1.29, 1.82) is 0 Å². The van der Waals surface area contributed by atoms with Gasteiger partial charge in [0, 0.05) is 36.0 Å². The minimum Gasteiger partial charge on any atom is -0.367 e. The fourth-order valence-electron chi connectivity index (χ4n) is 2.43. The molecule has 7 nitrogen and oxygen atoms in total. The Morgan fingerprint density at radius 1 is 1.27 bits per heavy atom. The van der Waals surface area contributed by atoms with Crippen LogP contribution in [-0.2, 0) is 17.1 Å². The number of hydrogen-bond donors (Lipinski definition) is 1. The highest BCUT2D eigenvalue weighted by Crippen LogP contribution is 2.30. The first-order valence-corrected chi connectivity index (χ1v) is 8.00. The van der Waals surface area contributed by atoms with Gasteiger partial charge in [-0.1, -0.05) is 18.2 Å². The van der Waals surface area contributed by atoms with Crippen molar-refractivity contribution in [3.63, 3.8) is 0 Å². The number of aryl methyl sites for hydroxylation is 1. The maximum atomic E-state index is 12.7. The number of aromatic nitrogens is 3. The standard InChI is InChI=1S/C14H15N5O2S/c1-10-13(11-6-3-4-7-12(11)18(10)2)22(20,21)17-14(15)19-9-5-8-16-19/h3-9H,1-2H3,(H2,15,17). The molecule has 0 unspecified atom stereocenters. The minimum atomic E-state index is -3.94. The van der Waals surface area contributed by atoms with Gasteiger partial charge < -0.3 is 10.3 Å². The zero-order valence-electron chi connectivity index (χ0n) is 12.1. The molecule has 114 valence electrons. The molecule has 3 rings (SSSR count). The van der Waals surface area contributed by atoms with Crippen molar-refractivity contribution < 1.29 is 8.42 Å². The molecule has 0 fully saturated rings. The Morgan fingerprint density at radius 3 is 2.68 bits per heavy atom. The quantitative estimate of drug-likeness (QED) is 0.568. The lowest BCUT2D eigenvalue weighted by atomic mass is 10.2. The van der Waals surface area contributed by atoms with E-state index in [-0.39, 0.29) is 10.9 Å². The molecule has 0 spiro atoms. The molecule has 2 N–H and O–H groups in total. The van der Waals surface area contributed by atoms with Crippen LogP contribution in [0.25, 0.3) is 10.9 Å². The van der Waals surface area contributed by atoms with Gasteiger partial charge in [-0.15, -0.1) is 4.40 Å². The third kappa shape index (κ3) is 2.17. The Bertz CT molecular complexity index is 968. The maximum Gasteiger partial charge on any atom is 0.288 e. The Labute approximate surface area is 127 Å². The molecule has 0 aliphatic heterocycles. The zero-order valence-corrected chi connectivity index (χ0v) is 12.9. The summed E-state index contributed by atoms with van der Waals surface area (Å²) in [6.45, 7) is 1.74. The molecule has 8 heteroatoms. The van der Waals surface area contributed by atoms with E-state index < -0.39 is 10.0 Å². The van der Waals surface area contributed by atoms with E-state index in [1.165, 1.54) is 17.1 Å². The first-order chi connectivity index (χ1) is 10.4. The Balaban J connectivity index is 2.23. The molecular formula is C14H15N5O2S. The monoisotopic (exact) mass is 317 g/mol. The van der Waals surface area contributed by atoms with E-state index in [4.69, 9.17) is 5.73 Å². The summed E-state index contributed by atoms with van der Waals surface area (Å²) in [5.74, 6) is -0.197. The number of hydrogen-bond acceptors (Lipinski definition) is 3. The zero-order chi connectivity index (χ0) is 15.9. The van der Waals surface area contributed by atoms with Crippen LogP contribution in [0.2, 0.25) is 0 Å². The molecule has 1 aromatic carbocycles. The summed E-state index contributed by atoms with van der Waals surface area (Å²) in [6.07, 6.45) is 3.03. The van der Waals surface area contributed by atoms with Crippen molar-refractivity contribution in [1.82, 2.24) is 14.3 Å². The average molecular weight is 317 g/mol. The lowest BCUT2D eigenvalue weighted by molar-refractivity contribution is 0.597. The van der Waals surface area contributed by atoms with Gasteiger partial charge >= 0.3 is 0 Å². The molecule has 0 aliphatic carbocycles. The van der Waals surface area contributed by atoms with Crippen LogP contribution in [0, 0.1) is 6.92 Å². The third-order valence-electron chi connectivity index (χ3n) is 3.55. The highest BCUT2D eigenvalue weighted by atomic mass is 32.2. The molecule has 2 heterocycles. The lowest BCUT2D eigenvalue weighted by Gasteiger charge is -2.03. The number of nitrogens with two attached hydrogens (primary N) is 1. The van der Waals surface area contributed by atoms with Crippen LogP contribution in [0.15, 0.2) is 52.0 Å². The molecule has 0 radical (unpaired) electrons. The summed E-state index contributed by atoms with van der Waals surface area (Å²) < 4.78 is 32.1. The molecule has 0 saturated carbocycles. The van der Waals surface area contributed by atoms with Crippen molar-refractivity contribution in [2.24, 2.45) is 17.2 Å². The van der Waals surface area contributed by atoms with Crippen LogP contribution in [0.1, 0.15) is 5.69 Å². The molecule has 3 aromatic rings. The smallest absolute Gasteiger partial charge is 0.288 e. The van der Waals surface area contributed by atoms with E-state index in [2.05, 4.69) is 9.50 Å². The number of sulfonamides is 1. The second kappa shape index (κ2) is 4.99. The van der Waals surface area contributed by atoms with Crippen LogP contribution >= 0.6 is 0 Å². The van der Waals surface area contributed by atoms with Gasteiger partial charge in [-0.05, 0) is 19.1 Å². The summed E-state index contributed by atoms with van der Waals surface area (Å²) in [4.78, 5) is 0.167. The van der Waals surface area contributed by atoms with Gasteiger partial charge in [0.1, 0.15) is 4.90 Å². The van der Waals surface area contributed by atoms with Crippen LogP contribution in [-0.4, -0.2) is 28.7 Å². The van der Waals surface area contributed by atoms with E-state index in [1.54, 1.807) is 25.1 Å². The van der Waals surface area contributed by atoms with Gasteiger partial charge in [-0.25, -0.2) is 4.68 Å². The predicted molar refractivity (Wildman–Crippen MR) is 84.1 cm³/mol. The number of fused-ring (bicyclic) bond motifs is 1. The molecular weight excluding hydrogens is 302 g/mol. The van der Waals surface area contributed by atoms with E-state index in [9.17, 15) is 8.42 Å². The lowest BCUT2D eigenvalue weighted by Crippen LogP contribution is -2.24. The van der Waals surface area contributed by atoms with Crippen LogP contribution in [0.5, 0.6) is 0 Å². The Kier molecular flexibility index (Phi) is 3.25. The third-order valence-corrected chi connectivity index (χ3v) is 5.01. The maximum absolute atomic E-state index is 12.7. The van der Waals surface area contributed by atoms with Crippen molar-refractivity contribution >= 4 is 26.9 Å². The molecule has 0 aliphatic rings. The summed E-state index contributed by atoms with van der Waals surface area (Å²) in [7, 11) is -2.12. The van der Waals surface area contributed by atoms with Crippen LogP contribution < -0.4 is 5.73 Å². The fourth-order valence-corrected chi connectivity index (χ4v) is 3.81. The first-order valence-electron chi connectivity index (χ1n) is 6.56. The number of nitrogens with zero attached hydrogens (tertiary/aromatic N) is 4. The van der Waals surface area contributed by atoms with Gasteiger partial charge in [-0.3, -0.25) is 0 Å². The van der Waals surface area contributed by atoms with Gasteiger partial charge in [-0.2, -0.15) is 13.5 Å². The molecule has 0 atom stereocenters. The van der Waals surface area contributed by atoms with E-state index >= 15 is 0 Å². The number of rotatable bonds is 2. The molecule has 0 bridgehead atoms. The highest BCUT2D eigenvalue weighted by Gasteiger charge is 2.24. The molecule has 22 heavy (non-hydrogen) atoms. The SMILES string of the molecule is Cc1c(S(=O)(=O)/N=C(/N)n2cccn2)c2ccccc2n1C. The summed E-state index contributed by atoms with van der Waals surface area (Å²) in [6, 6.07) is 8.91. The largest absolute Gasteiger partial charge is 0.367 e. The number of benzene rings is 1. The van der Waals surface area contributed by atoms with Gasteiger partial charge in [0.2, 0.25) is 5.96 Å². The molecule has 0 saturated heterocycles. The summed E-state index contributed by atoms with van der Waals surface area (Å²) in [5.41, 5.74) is 7.16. The van der Waals surface area contributed by atoms with E-state index in [0.29, 0.717) is 11.1 Å². The number of para-hydroxylation sites is 1. The predicted octanol–water partition coefficient (Wildman–Crippen LogP) is 1.23. The van der Waals surface area contributed by atoms with Crippen molar-refractivity contribution in [3.05, 3.63) is 48.4 Å². The van der Waals surface area contributed by atoms with Crippen LogP contribution in [0.3, 0.4) is 0 Å². The van der Waals surface area contributed by atoms with Crippen LogP contribution in [0.4, 0.5) is 0 Å². The highest BCUT2D eigenvalue weighted by molar-refractivity contribution is 7.90. The van der Waals surface area contributed by atoms with Crippen molar-refractivity contribution in [3.8, 4) is 0 Å². The second-order valence-electron chi connectivity index (χ2n) is 4.87. The Hall–Kier alpha value is -2.61. The molecule has 0 amide bonds. The van der Waals surface area contributed by atoms with Gasteiger partial charge in [0.05, 0.1) is 0 Å². The van der Waals surface area contributed by atoms with E-state index in [0.717, 1.165) is 5.52 Å². The normalized spacial score (nSPS) is 12.9. The Morgan fingerprint density at radius 2 is 2.00 bits per heavy atom. The fraction of sp³-hybridized carbons (Fsp3) is 0.143. The van der Waals surface area contributed by atoms with Crippen molar-refractivity contribution in [2.75, 3.05) is 0 Å². The van der Waals surface area contributed by atoms with E-state index in [1.807, 2.05) is 23.7 Å². The first kappa shape index (κ1) is 14.3.